The number of carbonyl (C=O) groups is 1. The number of hydrogen-bond acceptors (Lipinski definition) is 6. The Hall–Kier alpha value is -3.33. The van der Waals surface area contributed by atoms with Crippen molar-refractivity contribution in [2.45, 2.75) is 37.9 Å². The highest BCUT2D eigenvalue weighted by Crippen LogP contribution is 2.38. The summed E-state index contributed by atoms with van der Waals surface area (Å²) in [4.78, 5) is 17.3. The molecule has 2 bridgehead atoms. The monoisotopic (exact) mass is 481 g/mol. The van der Waals surface area contributed by atoms with Gasteiger partial charge in [0.25, 0.3) is 0 Å². The summed E-state index contributed by atoms with van der Waals surface area (Å²) in [6, 6.07) is 9.17. The minimum absolute atomic E-state index is 0.200. The normalized spacial score (nSPS) is 23.6. The standard InChI is InChI=1S/C26H32FN5O3/c1-15-8-17-10-23(34-4)24(35-5)12-20(17)25(29-32(15)26(33)28-2)16-6-7-21(27)22(9-16)31-14-18-11-19(31)13-30(18)3/h6-7,9-10,12,15,18-19H,8,11,13-14H2,1-5H3,(H,28,33). The van der Waals surface area contributed by atoms with Crippen LogP contribution in [0.15, 0.2) is 35.4 Å². The molecular formula is C26H32FN5O3. The number of methoxy groups -OCH3 is 2. The number of nitrogens with one attached hydrogen (secondary N) is 1. The van der Waals surface area contributed by atoms with Gasteiger partial charge in [-0.2, -0.15) is 5.10 Å². The third kappa shape index (κ3) is 3.97. The van der Waals surface area contributed by atoms with E-state index in [0.717, 1.165) is 36.2 Å². The first-order valence-corrected chi connectivity index (χ1v) is 12.0. The maximum absolute atomic E-state index is 15.1. The third-order valence-electron chi connectivity index (χ3n) is 7.47. The Morgan fingerprint density at radius 2 is 1.86 bits per heavy atom. The van der Waals surface area contributed by atoms with Crippen molar-refractivity contribution in [1.82, 2.24) is 15.2 Å². The van der Waals surface area contributed by atoms with Gasteiger partial charge in [-0.05, 0) is 62.7 Å². The predicted molar refractivity (Wildman–Crippen MR) is 133 cm³/mol. The van der Waals surface area contributed by atoms with Gasteiger partial charge in [0.05, 0.1) is 31.7 Å². The van der Waals surface area contributed by atoms with Crippen LogP contribution in [0.1, 0.15) is 30.0 Å². The van der Waals surface area contributed by atoms with E-state index in [1.807, 2.05) is 25.1 Å². The number of halogens is 1. The molecule has 3 aliphatic rings. The Balaban J connectivity index is 1.65. The first kappa shape index (κ1) is 23.4. The SMILES string of the molecule is CNC(=O)N1N=C(c2ccc(F)c(N3CC4CC3CN4C)c2)c2cc(OC)c(OC)cc2CC1C. The molecule has 2 saturated heterocycles. The van der Waals surface area contributed by atoms with Crippen molar-refractivity contribution < 1.29 is 18.7 Å². The molecule has 9 heteroatoms. The van der Waals surface area contributed by atoms with Crippen molar-refractivity contribution >= 4 is 17.4 Å². The zero-order valence-electron chi connectivity index (χ0n) is 20.8. The number of benzene rings is 2. The summed E-state index contributed by atoms with van der Waals surface area (Å²) in [6.07, 6.45) is 1.62. The summed E-state index contributed by atoms with van der Waals surface area (Å²) in [7, 11) is 6.90. The van der Waals surface area contributed by atoms with Crippen LogP contribution >= 0.6 is 0 Å². The molecule has 1 N–H and O–H groups in total. The van der Waals surface area contributed by atoms with Crippen LogP contribution in [0.25, 0.3) is 0 Å². The molecule has 3 unspecified atom stereocenters. The highest BCUT2D eigenvalue weighted by Gasteiger charge is 2.42. The Morgan fingerprint density at radius 3 is 2.49 bits per heavy atom. The number of amides is 2. The molecule has 0 radical (unpaired) electrons. The minimum Gasteiger partial charge on any atom is -0.493 e. The van der Waals surface area contributed by atoms with E-state index in [1.54, 1.807) is 27.3 Å². The molecule has 3 aliphatic heterocycles. The topological polar surface area (TPSA) is 69.6 Å². The molecule has 3 heterocycles. The number of anilines is 1. The van der Waals surface area contributed by atoms with Crippen LogP contribution in [0.2, 0.25) is 0 Å². The Morgan fingerprint density at radius 1 is 1.11 bits per heavy atom. The third-order valence-corrected chi connectivity index (χ3v) is 7.47. The lowest BCUT2D eigenvalue weighted by atomic mass is 9.93. The molecule has 0 spiro atoms. The second-order valence-corrected chi connectivity index (χ2v) is 9.57. The van der Waals surface area contributed by atoms with E-state index < -0.39 is 0 Å². The van der Waals surface area contributed by atoms with Crippen LogP contribution in [-0.2, 0) is 6.42 Å². The predicted octanol–water partition coefficient (Wildman–Crippen LogP) is 3.07. The molecule has 8 nitrogen and oxygen atoms in total. The van der Waals surface area contributed by atoms with E-state index in [-0.39, 0.29) is 17.9 Å². The fraction of sp³-hybridized carbons (Fsp3) is 0.462. The summed E-state index contributed by atoms with van der Waals surface area (Å²) in [6.45, 7) is 3.68. The van der Waals surface area contributed by atoms with Gasteiger partial charge in [0.15, 0.2) is 11.5 Å². The molecule has 0 saturated carbocycles. The largest absolute Gasteiger partial charge is 0.493 e. The van der Waals surface area contributed by atoms with Crippen LogP contribution in [0.5, 0.6) is 11.5 Å². The smallest absolute Gasteiger partial charge is 0.337 e. The van der Waals surface area contributed by atoms with E-state index in [9.17, 15) is 4.79 Å². The Labute approximate surface area is 205 Å². The number of carbonyl (C=O) groups excluding carboxylic acids is 1. The van der Waals surface area contributed by atoms with Crippen molar-refractivity contribution in [3.63, 3.8) is 0 Å². The van der Waals surface area contributed by atoms with Crippen LogP contribution in [0, 0.1) is 5.82 Å². The molecule has 2 aromatic rings. The Bertz CT molecular complexity index is 1180. The number of urea groups is 1. The number of nitrogens with zero attached hydrogens (tertiary/aromatic N) is 4. The fourth-order valence-electron chi connectivity index (χ4n) is 5.59. The van der Waals surface area contributed by atoms with E-state index in [2.05, 4.69) is 22.2 Å². The molecular weight excluding hydrogens is 449 g/mol. The first-order valence-electron chi connectivity index (χ1n) is 12.0. The molecule has 0 aliphatic carbocycles. The van der Waals surface area contributed by atoms with Gasteiger partial charge in [-0.3, -0.25) is 4.90 Å². The number of hydrazone groups is 1. The van der Waals surface area contributed by atoms with Crippen molar-refractivity contribution in [2.24, 2.45) is 5.10 Å². The number of likely N-dealkylation sites (N-methyl/N-ethyl adjacent to an activating group) is 1. The zero-order chi connectivity index (χ0) is 24.9. The number of hydrogen-bond donors (Lipinski definition) is 1. The van der Waals surface area contributed by atoms with Crippen LogP contribution in [0.4, 0.5) is 14.9 Å². The minimum atomic E-state index is -0.302. The summed E-state index contributed by atoms with van der Waals surface area (Å²) < 4.78 is 26.2. The number of rotatable bonds is 4. The summed E-state index contributed by atoms with van der Waals surface area (Å²) in [5.41, 5.74) is 3.73. The van der Waals surface area contributed by atoms with Gasteiger partial charge >= 0.3 is 6.03 Å². The summed E-state index contributed by atoms with van der Waals surface area (Å²) in [5, 5.41) is 8.96. The number of fused-ring (bicyclic) bond motifs is 3. The zero-order valence-corrected chi connectivity index (χ0v) is 20.8. The van der Waals surface area contributed by atoms with E-state index in [1.165, 1.54) is 11.1 Å². The van der Waals surface area contributed by atoms with Gasteiger partial charge in [-0.25, -0.2) is 14.2 Å². The highest BCUT2D eigenvalue weighted by atomic mass is 19.1. The number of ether oxygens (including phenoxy) is 2. The van der Waals surface area contributed by atoms with Crippen molar-refractivity contribution in [3.8, 4) is 11.5 Å². The molecule has 2 fully saturated rings. The molecule has 2 amide bonds. The second-order valence-electron chi connectivity index (χ2n) is 9.57. The fourth-order valence-corrected chi connectivity index (χ4v) is 5.59. The molecule has 0 aromatic heterocycles. The van der Waals surface area contributed by atoms with Crippen molar-refractivity contribution in [1.29, 1.82) is 0 Å². The Kier molecular flexibility index (Phi) is 6.04. The lowest BCUT2D eigenvalue weighted by molar-refractivity contribution is 0.184. The molecule has 2 aromatic carbocycles. The van der Waals surface area contributed by atoms with E-state index >= 15 is 4.39 Å². The molecule has 186 valence electrons. The average Bonchev–Trinajstić information content (AvgIpc) is 3.40. The van der Waals surface area contributed by atoms with Gasteiger partial charge in [-0.1, -0.05) is 0 Å². The average molecular weight is 482 g/mol. The molecule has 35 heavy (non-hydrogen) atoms. The summed E-state index contributed by atoms with van der Waals surface area (Å²) in [5.74, 6) is 0.938. The first-order chi connectivity index (χ1) is 16.8. The second kappa shape index (κ2) is 9.03. The van der Waals surface area contributed by atoms with Gasteiger partial charge in [0, 0.05) is 43.3 Å². The van der Waals surface area contributed by atoms with E-state index in [4.69, 9.17) is 14.6 Å². The maximum Gasteiger partial charge on any atom is 0.337 e. The van der Waals surface area contributed by atoms with E-state index in [0.29, 0.717) is 41.4 Å². The lowest BCUT2D eigenvalue weighted by Crippen LogP contribution is -2.45. The van der Waals surface area contributed by atoms with Crippen LogP contribution in [-0.4, -0.2) is 81.2 Å². The van der Waals surface area contributed by atoms with Gasteiger partial charge in [0.1, 0.15) is 5.82 Å². The van der Waals surface area contributed by atoms with Gasteiger partial charge in [-0.15, -0.1) is 0 Å². The quantitative estimate of drug-likeness (QED) is 0.727. The molecule has 5 rings (SSSR count). The van der Waals surface area contributed by atoms with Crippen LogP contribution in [0.3, 0.4) is 0 Å². The van der Waals surface area contributed by atoms with Crippen LogP contribution < -0.4 is 19.7 Å². The van der Waals surface area contributed by atoms with Crippen molar-refractivity contribution in [3.05, 3.63) is 52.8 Å². The number of likely N-dealkylation sites (tertiary alicyclic amines) is 1. The molecule has 3 atom stereocenters. The van der Waals surface area contributed by atoms with Crippen molar-refractivity contribution in [2.75, 3.05) is 46.3 Å². The lowest BCUT2D eigenvalue weighted by Gasteiger charge is -2.34. The summed E-state index contributed by atoms with van der Waals surface area (Å²) >= 11 is 0. The highest BCUT2D eigenvalue weighted by molar-refractivity contribution is 6.15. The van der Waals surface area contributed by atoms with Gasteiger partial charge in [0.2, 0.25) is 0 Å². The maximum atomic E-state index is 15.1. The van der Waals surface area contributed by atoms with Gasteiger partial charge < -0.3 is 19.7 Å². The number of piperazine rings is 1.